The van der Waals surface area contributed by atoms with Gasteiger partial charge in [0.15, 0.2) is 0 Å². The molecule has 0 spiro atoms. The van der Waals surface area contributed by atoms with Crippen molar-refractivity contribution in [1.82, 2.24) is 20.2 Å². The number of hydrogen-bond acceptors (Lipinski definition) is 5. The number of rotatable bonds is 6. The standard InChI is InChI=1S/C20H28N4OS/c1-14(2)20-23-15(3)18(26-20)19(25)22-13-17(16-8-7-9-21-12-16)24-10-5-4-6-11-24/h7-9,12,14,17H,4-6,10-11,13H2,1-3H3,(H,22,25). The molecule has 0 radical (unpaired) electrons. The molecular formula is C20H28N4OS. The van der Waals surface area contributed by atoms with Crippen molar-refractivity contribution >= 4 is 17.2 Å². The maximum absolute atomic E-state index is 12.7. The highest BCUT2D eigenvalue weighted by atomic mass is 32.1. The summed E-state index contributed by atoms with van der Waals surface area (Å²) >= 11 is 1.51. The molecular weight excluding hydrogens is 344 g/mol. The molecule has 1 fully saturated rings. The summed E-state index contributed by atoms with van der Waals surface area (Å²) in [5, 5.41) is 4.17. The van der Waals surface area contributed by atoms with Crippen molar-refractivity contribution in [2.45, 2.75) is 52.0 Å². The van der Waals surface area contributed by atoms with Crippen LogP contribution in [0.4, 0.5) is 0 Å². The molecule has 1 saturated heterocycles. The number of thiazole rings is 1. The van der Waals surface area contributed by atoms with E-state index < -0.39 is 0 Å². The number of nitrogens with zero attached hydrogens (tertiary/aromatic N) is 3. The van der Waals surface area contributed by atoms with Gasteiger partial charge in [-0.2, -0.15) is 0 Å². The van der Waals surface area contributed by atoms with Crippen LogP contribution in [0.1, 0.15) is 71.0 Å². The number of carbonyl (C=O) groups excluding carboxylic acids is 1. The van der Waals surface area contributed by atoms with Crippen molar-refractivity contribution in [2.24, 2.45) is 0 Å². The number of pyridine rings is 1. The third-order valence-corrected chi connectivity index (χ3v) is 6.33. The van der Waals surface area contributed by atoms with Crippen molar-refractivity contribution in [3.63, 3.8) is 0 Å². The highest BCUT2D eigenvalue weighted by molar-refractivity contribution is 7.13. The Labute approximate surface area is 159 Å². The van der Waals surface area contributed by atoms with Crippen LogP contribution < -0.4 is 5.32 Å². The molecule has 26 heavy (non-hydrogen) atoms. The zero-order chi connectivity index (χ0) is 18.5. The minimum Gasteiger partial charge on any atom is -0.349 e. The number of piperidine rings is 1. The van der Waals surface area contributed by atoms with Gasteiger partial charge in [0.25, 0.3) is 5.91 Å². The zero-order valence-corrected chi connectivity index (χ0v) is 16.7. The quantitative estimate of drug-likeness (QED) is 0.835. The molecule has 0 bridgehead atoms. The van der Waals surface area contributed by atoms with Crippen LogP contribution in [0.25, 0.3) is 0 Å². The van der Waals surface area contributed by atoms with Crippen LogP contribution >= 0.6 is 11.3 Å². The summed E-state index contributed by atoms with van der Waals surface area (Å²) in [6.45, 7) is 8.88. The van der Waals surface area contributed by atoms with Crippen molar-refractivity contribution in [1.29, 1.82) is 0 Å². The zero-order valence-electron chi connectivity index (χ0n) is 15.9. The lowest BCUT2D eigenvalue weighted by Crippen LogP contribution is -2.40. The van der Waals surface area contributed by atoms with E-state index in [0.29, 0.717) is 12.5 Å². The summed E-state index contributed by atoms with van der Waals surface area (Å²) in [7, 11) is 0. The molecule has 0 aliphatic carbocycles. The van der Waals surface area contributed by atoms with Crippen LogP contribution in [0.15, 0.2) is 24.5 Å². The van der Waals surface area contributed by atoms with E-state index in [1.54, 1.807) is 6.20 Å². The van der Waals surface area contributed by atoms with Crippen LogP contribution in [0.5, 0.6) is 0 Å². The highest BCUT2D eigenvalue weighted by Gasteiger charge is 2.24. The van der Waals surface area contributed by atoms with E-state index in [1.165, 1.54) is 36.2 Å². The summed E-state index contributed by atoms with van der Waals surface area (Å²) in [4.78, 5) is 24.8. The monoisotopic (exact) mass is 372 g/mol. The van der Waals surface area contributed by atoms with E-state index in [9.17, 15) is 4.79 Å². The fourth-order valence-electron chi connectivity index (χ4n) is 3.41. The third-order valence-electron chi connectivity index (χ3n) is 4.87. The molecule has 2 aromatic heterocycles. The summed E-state index contributed by atoms with van der Waals surface area (Å²) in [6, 6.07) is 4.25. The second kappa shape index (κ2) is 8.73. The number of likely N-dealkylation sites (tertiary alicyclic amines) is 1. The molecule has 140 valence electrons. The number of nitrogens with one attached hydrogen (secondary N) is 1. The van der Waals surface area contributed by atoms with Gasteiger partial charge in [-0.1, -0.05) is 26.3 Å². The molecule has 1 aliphatic heterocycles. The van der Waals surface area contributed by atoms with Gasteiger partial charge < -0.3 is 5.32 Å². The molecule has 1 atom stereocenters. The van der Waals surface area contributed by atoms with Gasteiger partial charge in [0.1, 0.15) is 4.88 Å². The van der Waals surface area contributed by atoms with Gasteiger partial charge in [-0.05, 0) is 44.5 Å². The Balaban J connectivity index is 1.72. The molecule has 1 unspecified atom stereocenters. The number of hydrogen-bond donors (Lipinski definition) is 1. The van der Waals surface area contributed by atoms with Crippen LogP contribution in [0, 0.1) is 6.92 Å². The second-order valence-corrected chi connectivity index (χ2v) is 8.26. The van der Waals surface area contributed by atoms with E-state index in [4.69, 9.17) is 0 Å². The molecule has 5 nitrogen and oxygen atoms in total. The van der Waals surface area contributed by atoms with Gasteiger partial charge in [0.2, 0.25) is 0 Å². The normalized spacial score (nSPS) is 16.6. The number of amides is 1. The van der Waals surface area contributed by atoms with E-state index in [-0.39, 0.29) is 11.9 Å². The summed E-state index contributed by atoms with van der Waals surface area (Å²) in [5.41, 5.74) is 1.99. The molecule has 1 amide bonds. The Bertz CT molecular complexity index is 723. The first-order valence-corrected chi connectivity index (χ1v) is 10.3. The lowest BCUT2D eigenvalue weighted by atomic mass is 10.0. The summed E-state index contributed by atoms with van der Waals surface area (Å²) in [6.07, 6.45) is 7.44. The average molecular weight is 373 g/mol. The Morgan fingerprint density at radius 1 is 1.31 bits per heavy atom. The van der Waals surface area contributed by atoms with Gasteiger partial charge in [0.05, 0.1) is 16.7 Å². The molecule has 2 aromatic rings. The molecule has 0 aromatic carbocycles. The molecule has 6 heteroatoms. The van der Waals surface area contributed by atoms with Gasteiger partial charge in [-0.3, -0.25) is 14.7 Å². The lowest BCUT2D eigenvalue weighted by molar-refractivity contribution is 0.0927. The summed E-state index contributed by atoms with van der Waals surface area (Å²) in [5.74, 6) is 0.328. The van der Waals surface area contributed by atoms with E-state index in [1.807, 2.05) is 19.2 Å². The van der Waals surface area contributed by atoms with E-state index in [2.05, 4.69) is 40.1 Å². The van der Waals surface area contributed by atoms with Crippen LogP contribution in [-0.4, -0.2) is 40.4 Å². The second-order valence-electron chi connectivity index (χ2n) is 7.23. The van der Waals surface area contributed by atoms with Crippen molar-refractivity contribution in [3.05, 3.63) is 45.7 Å². The Morgan fingerprint density at radius 2 is 2.08 bits per heavy atom. The van der Waals surface area contributed by atoms with Gasteiger partial charge in [-0.15, -0.1) is 11.3 Å². The number of carbonyl (C=O) groups is 1. The largest absolute Gasteiger partial charge is 0.349 e. The molecule has 3 rings (SSSR count). The maximum Gasteiger partial charge on any atom is 0.263 e. The van der Waals surface area contributed by atoms with Crippen LogP contribution in [0.3, 0.4) is 0 Å². The minimum absolute atomic E-state index is 0.0159. The smallest absolute Gasteiger partial charge is 0.263 e. The molecule has 1 aliphatic rings. The average Bonchev–Trinajstić information content (AvgIpc) is 3.06. The van der Waals surface area contributed by atoms with Gasteiger partial charge in [-0.25, -0.2) is 4.98 Å². The topological polar surface area (TPSA) is 58.1 Å². The number of aryl methyl sites for hydroxylation is 1. The van der Waals surface area contributed by atoms with Crippen molar-refractivity contribution < 1.29 is 4.79 Å². The Morgan fingerprint density at radius 3 is 2.69 bits per heavy atom. The van der Waals surface area contributed by atoms with E-state index >= 15 is 0 Å². The summed E-state index contributed by atoms with van der Waals surface area (Å²) < 4.78 is 0. The van der Waals surface area contributed by atoms with Crippen LogP contribution in [0.2, 0.25) is 0 Å². The first kappa shape index (κ1) is 19.0. The first-order chi connectivity index (χ1) is 12.6. The SMILES string of the molecule is Cc1nc(C(C)C)sc1C(=O)NCC(c1cccnc1)N1CCCCC1. The molecule has 0 saturated carbocycles. The predicted octanol–water partition coefficient (Wildman–Crippen LogP) is 3.93. The van der Waals surface area contributed by atoms with Gasteiger partial charge >= 0.3 is 0 Å². The maximum atomic E-state index is 12.7. The fraction of sp³-hybridized carbons (Fsp3) is 0.550. The van der Waals surface area contributed by atoms with Crippen molar-refractivity contribution in [3.8, 4) is 0 Å². The van der Waals surface area contributed by atoms with Crippen LogP contribution in [-0.2, 0) is 0 Å². The van der Waals surface area contributed by atoms with E-state index in [0.717, 1.165) is 28.7 Å². The fourth-order valence-corrected chi connectivity index (χ4v) is 4.39. The Hall–Kier alpha value is -1.79. The molecule has 3 heterocycles. The first-order valence-electron chi connectivity index (χ1n) is 9.45. The molecule has 1 N–H and O–H groups in total. The van der Waals surface area contributed by atoms with Crippen molar-refractivity contribution in [2.75, 3.05) is 19.6 Å². The third kappa shape index (κ3) is 4.48. The number of aromatic nitrogens is 2. The Kier molecular flexibility index (Phi) is 6.38. The lowest BCUT2D eigenvalue weighted by Gasteiger charge is -2.34. The van der Waals surface area contributed by atoms with Gasteiger partial charge in [0, 0.05) is 24.9 Å². The highest BCUT2D eigenvalue weighted by Crippen LogP contribution is 2.26. The predicted molar refractivity (Wildman–Crippen MR) is 106 cm³/mol. The minimum atomic E-state index is -0.0159.